The number of hydrogen-bond acceptors (Lipinski definition) is 6. The van der Waals surface area contributed by atoms with Gasteiger partial charge in [-0.2, -0.15) is 0 Å². The summed E-state index contributed by atoms with van der Waals surface area (Å²) in [6.45, 7) is 0.544. The van der Waals surface area contributed by atoms with E-state index < -0.39 is 13.0 Å². The second-order valence-corrected chi connectivity index (χ2v) is 7.86. The first-order valence-electron chi connectivity index (χ1n) is 9.66. The molecule has 31 heavy (non-hydrogen) atoms. The van der Waals surface area contributed by atoms with Gasteiger partial charge in [0.2, 0.25) is 0 Å². The van der Waals surface area contributed by atoms with Crippen LogP contribution in [0.25, 0.3) is 22.3 Å². The number of amides is 1. The summed E-state index contributed by atoms with van der Waals surface area (Å²) in [5.74, 6) is -0.0768. The van der Waals surface area contributed by atoms with E-state index in [1.807, 2.05) is 60.9 Å². The summed E-state index contributed by atoms with van der Waals surface area (Å²) in [7, 11) is -1.51. The number of anilines is 1. The minimum Gasteiger partial charge on any atom is -0.455 e. The summed E-state index contributed by atoms with van der Waals surface area (Å²) in [5.41, 5.74) is 9.67. The summed E-state index contributed by atoms with van der Waals surface area (Å²) in [6, 6.07) is 22.2. The Morgan fingerprint density at radius 2 is 1.84 bits per heavy atom. The third-order valence-corrected chi connectivity index (χ3v) is 5.82. The van der Waals surface area contributed by atoms with Crippen LogP contribution in [0.4, 0.5) is 5.69 Å². The molecule has 0 atom stereocenters. The number of nitrogens with two attached hydrogens (primary N) is 1. The van der Waals surface area contributed by atoms with Gasteiger partial charge in [0.05, 0.1) is 17.8 Å². The molecule has 0 radical (unpaired) electrons. The van der Waals surface area contributed by atoms with E-state index in [0.717, 1.165) is 16.8 Å². The van der Waals surface area contributed by atoms with Crippen molar-refractivity contribution in [2.75, 3.05) is 10.6 Å². The standard InChI is InChI=1S/C23H21BN2O4S/c1-31-26(14-15-6-5-9-17(12-15)24(28)29)18-10-11-19-20(13-18)30-22(21(19)23(25)27)16-7-3-2-4-8-16/h2-13,28-29H,14H2,1H3,(H2,25,27). The summed E-state index contributed by atoms with van der Waals surface area (Å²) in [6.07, 6.45) is 1.96. The van der Waals surface area contributed by atoms with Gasteiger partial charge in [0.25, 0.3) is 5.91 Å². The second-order valence-electron chi connectivity index (χ2n) is 7.05. The van der Waals surface area contributed by atoms with Crippen LogP contribution in [0.2, 0.25) is 0 Å². The van der Waals surface area contributed by atoms with Crippen molar-refractivity contribution in [1.82, 2.24) is 0 Å². The molecule has 0 fully saturated rings. The molecule has 156 valence electrons. The lowest BCUT2D eigenvalue weighted by atomic mass is 9.79. The molecule has 0 spiro atoms. The number of nitrogens with zero attached hydrogens (tertiary/aromatic N) is 1. The Bertz CT molecular complexity index is 1230. The highest BCUT2D eigenvalue weighted by Gasteiger charge is 2.21. The molecule has 0 saturated carbocycles. The quantitative estimate of drug-likeness (QED) is 0.307. The van der Waals surface area contributed by atoms with Crippen molar-refractivity contribution in [3.05, 3.63) is 83.9 Å². The van der Waals surface area contributed by atoms with Crippen molar-refractivity contribution in [2.45, 2.75) is 6.54 Å². The van der Waals surface area contributed by atoms with Crippen LogP contribution >= 0.6 is 11.9 Å². The number of carbonyl (C=O) groups excluding carboxylic acids is 1. The smallest absolute Gasteiger partial charge is 0.455 e. The van der Waals surface area contributed by atoms with Gasteiger partial charge in [-0.15, -0.1) is 0 Å². The van der Waals surface area contributed by atoms with Gasteiger partial charge in [0, 0.05) is 23.3 Å². The number of fused-ring (bicyclic) bond motifs is 1. The van der Waals surface area contributed by atoms with Gasteiger partial charge in [-0.25, -0.2) is 0 Å². The first-order valence-corrected chi connectivity index (χ1v) is 10.8. The Balaban J connectivity index is 1.73. The van der Waals surface area contributed by atoms with Crippen LogP contribution in [-0.2, 0) is 6.54 Å². The first kappa shape index (κ1) is 21.1. The van der Waals surface area contributed by atoms with Crippen molar-refractivity contribution in [1.29, 1.82) is 0 Å². The molecule has 0 aliphatic carbocycles. The van der Waals surface area contributed by atoms with Crippen molar-refractivity contribution in [3.8, 4) is 11.3 Å². The Morgan fingerprint density at radius 3 is 2.52 bits per heavy atom. The minimum atomic E-state index is -1.51. The molecule has 4 rings (SSSR count). The first-order chi connectivity index (χ1) is 15.0. The van der Waals surface area contributed by atoms with E-state index in [0.29, 0.717) is 34.3 Å². The fraction of sp³-hybridized carbons (Fsp3) is 0.0870. The number of rotatable bonds is 7. The van der Waals surface area contributed by atoms with Crippen molar-refractivity contribution in [3.63, 3.8) is 0 Å². The third-order valence-electron chi connectivity index (χ3n) is 5.04. The monoisotopic (exact) mass is 432 g/mol. The Kier molecular flexibility index (Phi) is 6.04. The molecule has 0 unspecified atom stereocenters. The van der Waals surface area contributed by atoms with Crippen LogP contribution in [0.5, 0.6) is 0 Å². The minimum absolute atomic E-state index is 0.369. The van der Waals surface area contributed by atoms with E-state index in [1.54, 1.807) is 18.2 Å². The van der Waals surface area contributed by atoms with Crippen LogP contribution < -0.4 is 15.5 Å². The average Bonchev–Trinajstić information content (AvgIpc) is 3.17. The van der Waals surface area contributed by atoms with Gasteiger partial charge in [0.15, 0.2) is 0 Å². The van der Waals surface area contributed by atoms with E-state index in [1.165, 1.54) is 11.9 Å². The summed E-state index contributed by atoms with van der Waals surface area (Å²) in [4.78, 5) is 12.2. The van der Waals surface area contributed by atoms with Crippen molar-refractivity contribution < 1.29 is 19.3 Å². The molecule has 0 aliphatic rings. The SMILES string of the molecule is CSN(Cc1cccc(B(O)O)c1)c1ccc2c(C(N)=O)c(-c3ccccc3)oc2c1. The van der Waals surface area contributed by atoms with Gasteiger partial charge in [0.1, 0.15) is 11.3 Å². The van der Waals surface area contributed by atoms with Gasteiger partial charge in [-0.1, -0.05) is 66.5 Å². The summed E-state index contributed by atoms with van der Waals surface area (Å²) in [5, 5.41) is 19.5. The van der Waals surface area contributed by atoms with Gasteiger partial charge in [-0.05, 0) is 23.2 Å². The van der Waals surface area contributed by atoms with E-state index in [-0.39, 0.29) is 0 Å². The molecule has 4 aromatic rings. The highest BCUT2D eigenvalue weighted by Crippen LogP contribution is 2.36. The zero-order valence-electron chi connectivity index (χ0n) is 16.9. The molecule has 1 aromatic heterocycles. The topological polar surface area (TPSA) is 99.9 Å². The molecule has 1 heterocycles. The van der Waals surface area contributed by atoms with Crippen LogP contribution in [0.1, 0.15) is 15.9 Å². The maximum Gasteiger partial charge on any atom is 0.488 e. The zero-order valence-corrected chi connectivity index (χ0v) is 17.7. The number of carbonyl (C=O) groups is 1. The number of benzene rings is 3. The normalized spacial score (nSPS) is 10.9. The van der Waals surface area contributed by atoms with Crippen LogP contribution in [-0.4, -0.2) is 29.3 Å². The molecular formula is C23H21BN2O4S. The van der Waals surface area contributed by atoms with Crippen molar-refractivity contribution >= 4 is 47.1 Å². The molecule has 1 amide bonds. The maximum atomic E-state index is 12.2. The lowest BCUT2D eigenvalue weighted by molar-refractivity contribution is 0.100. The maximum absolute atomic E-state index is 12.2. The number of hydrogen-bond donors (Lipinski definition) is 3. The van der Waals surface area contributed by atoms with Gasteiger partial charge in [-0.3, -0.25) is 4.79 Å². The van der Waals surface area contributed by atoms with E-state index >= 15 is 0 Å². The number of furan rings is 1. The second kappa shape index (κ2) is 8.89. The largest absolute Gasteiger partial charge is 0.488 e. The van der Waals surface area contributed by atoms with Crippen LogP contribution in [0.15, 0.2) is 77.2 Å². The predicted octanol–water partition coefficient (Wildman–Crippen LogP) is 3.16. The van der Waals surface area contributed by atoms with E-state index in [9.17, 15) is 14.8 Å². The van der Waals surface area contributed by atoms with E-state index in [2.05, 4.69) is 4.31 Å². The van der Waals surface area contributed by atoms with Gasteiger partial charge >= 0.3 is 7.12 Å². The Morgan fingerprint density at radius 1 is 1.06 bits per heavy atom. The number of primary amides is 1. The summed E-state index contributed by atoms with van der Waals surface area (Å²) < 4.78 is 8.13. The molecular weight excluding hydrogens is 411 g/mol. The zero-order chi connectivity index (χ0) is 22.0. The Hall–Kier alpha value is -3.20. The molecule has 4 N–H and O–H groups in total. The molecule has 8 heteroatoms. The van der Waals surface area contributed by atoms with Crippen LogP contribution in [0, 0.1) is 0 Å². The van der Waals surface area contributed by atoms with E-state index in [4.69, 9.17) is 10.2 Å². The van der Waals surface area contributed by atoms with Crippen molar-refractivity contribution in [2.24, 2.45) is 5.73 Å². The molecule has 0 saturated heterocycles. The third kappa shape index (κ3) is 4.32. The average molecular weight is 432 g/mol. The molecule has 6 nitrogen and oxygen atoms in total. The molecule has 0 bridgehead atoms. The Labute approximate surface area is 184 Å². The van der Waals surface area contributed by atoms with Crippen LogP contribution in [0.3, 0.4) is 0 Å². The fourth-order valence-electron chi connectivity index (χ4n) is 3.56. The molecule has 0 aliphatic heterocycles. The lowest BCUT2D eigenvalue weighted by Crippen LogP contribution is -2.30. The predicted molar refractivity (Wildman–Crippen MR) is 126 cm³/mol. The highest BCUT2D eigenvalue weighted by molar-refractivity contribution is 7.99. The fourth-order valence-corrected chi connectivity index (χ4v) is 4.16. The van der Waals surface area contributed by atoms with Gasteiger partial charge < -0.3 is 24.5 Å². The summed E-state index contributed by atoms with van der Waals surface area (Å²) >= 11 is 1.53. The highest BCUT2D eigenvalue weighted by atomic mass is 32.2. The molecule has 3 aromatic carbocycles. The lowest BCUT2D eigenvalue weighted by Gasteiger charge is -2.22.